The molecule has 0 unspecified atom stereocenters. The lowest BCUT2D eigenvalue weighted by Gasteiger charge is -2.28. The molecule has 6 nitrogen and oxygen atoms in total. The average Bonchev–Trinajstić information content (AvgIpc) is 3.02. The van der Waals surface area contributed by atoms with Crippen LogP contribution in [-0.2, 0) is 29.1 Å². The summed E-state index contributed by atoms with van der Waals surface area (Å²) in [6, 6.07) is 14.3. The maximum atomic E-state index is 12.6. The van der Waals surface area contributed by atoms with Crippen LogP contribution in [0.2, 0.25) is 0 Å². The van der Waals surface area contributed by atoms with Gasteiger partial charge in [0.2, 0.25) is 5.91 Å². The van der Waals surface area contributed by atoms with E-state index in [9.17, 15) is 9.59 Å². The summed E-state index contributed by atoms with van der Waals surface area (Å²) >= 11 is 0. The van der Waals surface area contributed by atoms with E-state index in [-0.39, 0.29) is 18.7 Å². The molecule has 0 spiro atoms. The molecule has 0 aliphatic carbocycles. The highest BCUT2D eigenvalue weighted by Crippen LogP contribution is 2.30. The van der Waals surface area contributed by atoms with Gasteiger partial charge < -0.3 is 14.6 Å². The SMILES string of the molecule is O=C(O)CCCC(=O)N1CCc2c(n(Cc3ccccc3)c3ncccc23)C1. The van der Waals surface area contributed by atoms with Crippen molar-refractivity contribution in [2.75, 3.05) is 6.54 Å². The second-order valence-electron chi connectivity index (χ2n) is 7.18. The Labute approximate surface area is 163 Å². The molecule has 6 heteroatoms. The Kier molecular flexibility index (Phi) is 5.10. The molecule has 4 rings (SSSR count). The van der Waals surface area contributed by atoms with Crippen molar-refractivity contribution in [1.82, 2.24) is 14.5 Å². The van der Waals surface area contributed by atoms with E-state index in [1.807, 2.05) is 35.4 Å². The normalized spacial score (nSPS) is 13.5. The van der Waals surface area contributed by atoms with Crippen LogP contribution in [0.3, 0.4) is 0 Å². The number of aliphatic carboxylic acids is 1. The quantitative estimate of drug-likeness (QED) is 0.716. The highest BCUT2D eigenvalue weighted by Gasteiger charge is 2.27. The van der Waals surface area contributed by atoms with Crippen LogP contribution in [0.15, 0.2) is 48.7 Å². The number of hydrogen-bond donors (Lipinski definition) is 1. The molecule has 1 amide bonds. The minimum absolute atomic E-state index is 0.0244. The number of rotatable bonds is 6. The minimum Gasteiger partial charge on any atom is -0.481 e. The average molecular weight is 377 g/mol. The van der Waals surface area contributed by atoms with Crippen LogP contribution in [0.25, 0.3) is 11.0 Å². The van der Waals surface area contributed by atoms with Crippen molar-refractivity contribution in [3.8, 4) is 0 Å². The first-order valence-electron chi connectivity index (χ1n) is 9.62. The van der Waals surface area contributed by atoms with Crippen LogP contribution in [0.5, 0.6) is 0 Å². The van der Waals surface area contributed by atoms with E-state index in [4.69, 9.17) is 5.11 Å². The zero-order valence-electron chi connectivity index (χ0n) is 15.7. The van der Waals surface area contributed by atoms with E-state index in [1.54, 1.807) is 0 Å². The molecular formula is C22H23N3O3. The lowest BCUT2D eigenvalue weighted by molar-refractivity contribution is -0.137. The van der Waals surface area contributed by atoms with Crippen LogP contribution in [0.4, 0.5) is 0 Å². The van der Waals surface area contributed by atoms with Gasteiger partial charge in [0.25, 0.3) is 0 Å². The van der Waals surface area contributed by atoms with Crippen molar-refractivity contribution in [2.45, 2.75) is 38.8 Å². The minimum atomic E-state index is -0.859. The van der Waals surface area contributed by atoms with Crippen LogP contribution in [0.1, 0.15) is 36.1 Å². The highest BCUT2D eigenvalue weighted by atomic mass is 16.4. The molecule has 144 valence electrons. The Morgan fingerprint density at radius 3 is 2.68 bits per heavy atom. The maximum Gasteiger partial charge on any atom is 0.303 e. The van der Waals surface area contributed by atoms with E-state index in [0.717, 1.165) is 23.1 Å². The van der Waals surface area contributed by atoms with Crippen molar-refractivity contribution >= 4 is 22.9 Å². The van der Waals surface area contributed by atoms with Crippen LogP contribution in [0, 0.1) is 0 Å². The fourth-order valence-electron chi connectivity index (χ4n) is 3.96. The van der Waals surface area contributed by atoms with Gasteiger partial charge >= 0.3 is 5.97 Å². The molecule has 0 bridgehead atoms. The van der Waals surface area contributed by atoms with E-state index in [0.29, 0.717) is 26.1 Å². The van der Waals surface area contributed by atoms with E-state index in [2.05, 4.69) is 27.8 Å². The first-order chi connectivity index (χ1) is 13.6. The van der Waals surface area contributed by atoms with Crippen LogP contribution >= 0.6 is 0 Å². The highest BCUT2D eigenvalue weighted by molar-refractivity contribution is 5.84. The van der Waals surface area contributed by atoms with Gasteiger partial charge in [0.1, 0.15) is 5.65 Å². The summed E-state index contributed by atoms with van der Waals surface area (Å²) in [5.41, 5.74) is 4.55. The largest absolute Gasteiger partial charge is 0.481 e. The van der Waals surface area contributed by atoms with E-state index >= 15 is 0 Å². The smallest absolute Gasteiger partial charge is 0.303 e. The summed E-state index contributed by atoms with van der Waals surface area (Å²) in [4.78, 5) is 29.8. The second-order valence-corrected chi connectivity index (χ2v) is 7.18. The molecule has 3 aromatic rings. The summed E-state index contributed by atoms with van der Waals surface area (Å²) in [5, 5.41) is 9.95. The Morgan fingerprint density at radius 2 is 1.89 bits per heavy atom. The monoisotopic (exact) mass is 377 g/mol. The predicted molar refractivity (Wildman–Crippen MR) is 106 cm³/mol. The Balaban J connectivity index is 1.62. The number of pyridine rings is 1. The number of carbonyl (C=O) groups excluding carboxylic acids is 1. The number of fused-ring (bicyclic) bond motifs is 3. The predicted octanol–water partition coefficient (Wildman–Crippen LogP) is 3.22. The molecule has 0 saturated heterocycles. The van der Waals surface area contributed by atoms with Gasteiger partial charge in [-0.05, 0) is 36.1 Å². The Hall–Kier alpha value is -3.15. The first kappa shape index (κ1) is 18.2. The number of carboxylic acids is 1. The van der Waals surface area contributed by atoms with Crippen molar-refractivity contribution < 1.29 is 14.7 Å². The molecule has 0 radical (unpaired) electrons. The molecule has 2 aromatic heterocycles. The fourth-order valence-corrected chi connectivity index (χ4v) is 3.96. The van der Waals surface area contributed by atoms with Gasteiger partial charge in [0.15, 0.2) is 0 Å². The van der Waals surface area contributed by atoms with Gasteiger partial charge in [0.05, 0.1) is 6.54 Å². The molecule has 0 saturated carbocycles. The van der Waals surface area contributed by atoms with Crippen molar-refractivity contribution in [3.05, 3.63) is 65.5 Å². The fraction of sp³-hybridized carbons (Fsp3) is 0.318. The van der Waals surface area contributed by atoms with Gasteiger partial charge in [-0.1, -0.05) is 30.3 Å². The van der Waals surface area contributed by atoms with Crippen LogP contribution in [-0.4, -0.2) is 38.0 Å². The van der Waals surface area contributed by atoms with Gasteiger partial charge in [-0.3, -0.25) is 9.59 Å². The third-order valence-corrected chi connectivity index (χ3v) is 5.33. The van der Waals surface area contributed by atoms with Crippen molar-refractivity contribution in [3.63, 3.8) is 0 Å². The van der Waals surface area contributed by atoms with Crippen LogP contribution < -0.4 is 0 Å². The summed E-state index contributed by atoms with van der Waals surface area (Å²) in [6.45, 7) is 1.92. The molecule has 1 aliphatic heterocycles. The molecule has 0 fully saturated rings. The molecule has 1 aliphatic rings. The number of aromatic nitrogens is 2. The summed E-state index contributed by atoms with van der Waals surface area (Å²) in [5.74, 6) is -0.834. The maximum absolute atomic E-state index is 12.6. The van der Waals surface area contributed by atoms with Gasteiger partial charge in [-0.25, -0.2) is 4.98 Å². The topological polar surface area (TPSA) is 75.4 Å². The number of carboxylic acid groups (broad SMARTS) is 1. The summed E-state index contributed by atoms with van der Waals surface area (Å²) in [6.07, 6.45) is 3.29. The molecule has 3 heterocycles. The Bertz CT molecular complexity index is 1010. The number of benzene rings is 1. The molecule has 1 aromatic carbocycles. The van der Waals surface area contributed by atoms with E-state index in [1.165, 1.54) is 11.1 Å². The third-order valence-electron chi connectivity index (χ3n) is 5.33. The van der Waals surface area contributed by atoms with Crippen molar-refractivity contribution in [1.29, 1.82) is 0 Å². The standard InChI is InChI=1S/C22H23N3O3/c26-20(9-4-10-21(27)28)24-13-11-17-18-8-5-12-23-22(18)25(19(17)15-24)14-16-6-2-1-3-7-16/h1-3,5-8,12H,4,9-11,13-15H2,(H,27,28). The lowest BCUT2D eigenvalue weighted by Crippen LogP contribution is -2.36. The lowest BCUT2D eigenvalue weighted by atomic mass is 10.0. The molecule has 0 atom stereocenters. The first-order valence-corrected chi connectivity index (χ1v) is 9.62. The zero-order valence-corrected chi connectivity index (χ0v) is 15.7. The number of carbonyl (C=O) groups is 2. The summed E-state index contributed by atoms with van der Waals surface area (Å²) < 4.78 is 2.22. The number of amides is 1. The molecular weight excluding hydrogens is 354 g/mol. The number of hydrogen-bond acceptors (Lipinski definition) is 3. The molecule has 1 N–H and O–H groups in total. The second kappa shape index (κ2) is 7.84. The van der Waals surface area contributed by atoms with Crippen molar-refractivity contribution in [2.24, 2.45) is 0 Å². The Morgan fingerprint density at radius 1 is 1.07 bits per heavy atom. The van der Waals surface area contributed by atoms with Gasteiger partial charge in [0, 0.05) is 43.2 Å². The van der Waals surface area contributed by atoms with Gasteiger partial charge in [-0.2, -0.15) is 0 Å². The van der Waals surface area contributed by atoms with E-state index < -0.39 is 5.97 Å². The third kappa shape index (κ3) is 3.63. The summed E-state index contributed by atoms with van der Waals surface area (Å²) in [7, 11) is 0. The zero-order chi connectivity index (χ0) is 19.5. The number of nitrogens with zero attached hydrogens (tertiary/aromatic N) is 3. The molecule has 28 heavy (non-hydrogen) atoms. The van der Waals surface area contributed by atoms with Gasteiger partial charge in [-0.15, -0.1) is 0 Å².